The molecule has 0 amide bonds. The van der Waals surface area contributed by atoms with E-state index in [1.54, 1.807) is 0 Å². The molecular formula is C18H34O3. The topological polar surface area (TPSA) is 57.5 Å². The van der Waals surface area contributed by atoms with E-state index < -0.39 is 12.1 Å². The Morgan fingerprint density at radius 2 is 1.33 bits per heavy atom. The minimum absolute atomic E-state index is 0.385. The number of rotatable bonds is 15. The molecule has 0 fully saturated rings. The Hall–Kier alpha value is -0.830. The number of carboxylic acid groups (broad SMARTS) is 1. The summed E-state index contributed by atoms with van der Waals surface area (Å²) in [6.07, 6.45) is 18.3. The SMILES string of the molecule is CCCCCC/C=C\CCCCCCCCC(O)C(=O)O. The van der Waals surface area contributed by atoms with Gasteiger partial charge in [-0.1, -0.05) is 70.4 Å². The zero-order valence-electron chi connectivity index (χ0n) is 13.7. The van der Waals surface area contributed by atoms with Crippen molar-refractivity contribution in [3.8, 4) is 0 Å². The fourth-order valence-corrected chi connectivity index (χ4v) is 2.36. The Balaban J connectivity index is 3.15. The number of aliphatic hydroxyl groups is 1. The van der Waals surface area contributed by atoms with E-state index in [1.165, 1.54) is 57.8 Å². The van der Waals surface area contributed by atoms with E-state index in [0.29, 0.717) is 6.42 Å². The largest absolute Gasteiger partial charge is 0.479 e. The van der Waals surface area contributed by atoms with Crippen LogP contribution in [0, 0.1) is 0 Å². The van der Waals surface area contributed by atoms with Gasteiger partial charge in [0.15, 0.2) is 6.10 Å². The summed E-state index contributed by atoms with van der Waals surface area (Å²) in [5, 5.41) is 17.6. The molecule has 21 heavy (non-hydrogen) atoms. The lowest BCUT2D eigenvalue weighted by Crippen LogP contribution is -2.18. The third-order valence-corrected chi connectivity index (χ3v) is 3.77. The Labute approximate surface area is 130 Å². The predicted molar refractivity (Wildman–Crippen MR) is 88.5 cm³/mol. The molecule has 1 atom stereocenters. The second-order valence-corrected chi connectivity index (χ2v) is 5.87. The first-order valence-electron chi connectivity index (χ1n) is 8.74. The van der Waals surface area contributed by atoms with Crippen LogP contribution in [-0.2, 0) is 4.79 Å². The average molecular weight is 298 g/mol. The highest BCUT2D eigenvalue weighted by Gasteiger charge is 2.11. The summed E-state index contributed by atoms with van der Waals surface area (Å²) >= 11 is 0. The highest BCUT2D eigenvalue weighted by molar-refractivity contribution is 5.71. The first-order valence-corrected chi connectivity index (χ1v) is 8.74. The molecule has 0 aromatic rings. The smallest absolute Gasteiger partial charge is 0.332 e. The third-order valence-electron chi connectivity index (χ3n) is 3.77. The number of carboxylic acids is 1. The van der Waals surface area contributed by atoms with Crippen molar-refractivity contribution >= 4 is 5.97 Å². The second kappa shape index (κ2) is 15.6. The normalized spacial score (nSPS) is 12.9. The molecule has 0 bridgehead atoms. The molecule has 0 rings (SSSR count). The van der Waals surface area contributed by atoms with E-state index in [9.17, 15) is 4.79 Å². The maximum Gasteiger partial charge on any atom is 0.332 e. The molecule has 2 N–H and O–H groups in total. The van der Waals surface area contributed by atoms with Gasteiger partial charge in [0, 0.05) is 0 Å². The number of aliphatic carboxylic acids is 1. The van der Waals surface area contributed by atoms with Crippen molar-refractivity contribution in [3.63, 3.8) is 0 Å². The van der Waals surface area contributed by atoms with E-state index in [0.717, 1.165) is 19.3 Å². The van der Waals surface area contributed by atoms with E-state index in [2.05, 4.69) is 19.1 Å². The number of carbonyl (C=O) groups is 1. The predicted octanol–water partition coefficient (Wildman–Crippen LogP) is 5.08. The molecule has 0 radical (unpaired) electrons. The molecule has 0 aliphatic heterocycles. The highest BCUT2D eigenvalue weighted by atomic mass is 16.4. The van der Waals surface area contributed by atoms with Crippen LogP contribution in [0.3, 0.4) is 0 Å². The van der Waals surface area contributed by atoms with Gasteiger partial charge >= 0.3 is 5.97 Å². The molecule has 1 unspecified atom stereocenters. The Bertz CT molecular complexity index is 261. The first-order chi connectivity index (χ1) is 10.2. The molecule has 3 heteroatoms. The molecule has 0 aliphatic rings. The van der Waals surface area contributed by atoms with Gasteiger partial charge in [-0.3, -0.25) is 0 Å². The van der Waals surface area contributed by atoms with Gasteiger partial charge in [-0.2, -0.15) is 0 Å². The van der Waals surface area contributed by atoms with Crippen LogP contribution in [0.5, 0.6) is 0 Å². The van der Waals surface area contributed by atoms with Crippen LogP contribution in [0.25, 0.3) is 0 Å². The van der Waals surface area contributed by atoms with Crippen molar-refractivity contribution in [1.82, 2.24) is 0 Å². The number of hydrogen-bond donors (Lipinski definition) is 2. The van der Waals surface area contributed by atoms with Crippen LogP contribution >= 0.6 is 0 Å². The molecule has 124 valence electrons. The average Bonchev–Trinajstić information content (AvgIpc) is 2.47. The van der Waals surface area contributed by atoms with E-state index in [4.69, 9.17) is 10.2 Å². The standard InChI is InChI=1S/C18H34O3/c1-2-3-4-5-6-7-8-9-10-11-12-13-14-15-16-17(19)18(20)21/h7-8,17,19H,2-6,9-16H2,1H3,(H,20,21)/b8-7-. The molecule has 0 heterocycles. The van der Waals surface area contributed by atoms with Gasteiger partial charge in [-0.15, -0.1) is 0 Å². The summed E-state index contributed by atoms with van der Waals surface area (Å²) in [5.74, 6) is -1.10. The van der Waals surface area contributed by atoms with E-state index >= 15 is 0 Å². The fourth-order valence-electron chi connectivity index (χ4n) is 2.36. The van der Waals surface area contributed by atoms with Gasteiger partial charge in [0.05, 0.1) is 0 Å². The van der Waals surface area contributed by atoms with Crippen molar-refractivity contribution in [3.05, 3.63) is 12.2 Å². The maximum absolute atomic E-state index is 10.4. The fraction of sp³-hybridized carbons (Fsp3) is 0.833. The molecule has 0 aliphatic carbocycles. The van der Waals surface area contributed by atoms with Crippen LogP contribution in [0.4, 0.5) is 0 Å². The van der Waals surface area contributed by atoms with Crippen molar-refractivity contribution in [1.29, 1.82) is 0 Å². The molecule has 0 spiro atoms. The quantitative estimate of drug-likeness (QED) is 0.327. The summed E-state index contributed by atoms with van der Waals surface area (Å²) in [7, 11) is 0. The van der Waals surface area contributed by atoms with Gasteiger partial charge in [0.2, 0.25) is 0 Å². The summed E-state index contributed by atoms with van der Waals surface area (Å²) < 4.78 is 0. The molecule has 0 saturated carbocycles. The van der Waals surface area contributed by atoms with Crippen LogP contribution < -0.4 is 0 Å². The van der Waals surface area contributed by atoms with Crippen molar-refractivity contribution in [2.24, 2.45) is 0 Å². The molecular weight excluding hydrogens is 264 g/mol. The lowest BCUT2D eigenvalue weighted by Gasteiger charge is -2.04. The van der Waals surface area contributed by atoms with Crippen LogP contribution in [0.1, 0.15) is 90.4 Å². The molecule has 0 aromatic heterocycles. The van der Waals surface area contributed by atoms with Crippen molar-refractivity contribution in [2.75, 3.05) is 0 Å². The number of hydrogen-bond acceptors (Lipinski definition) is 2. The van der Waals surface area contributed by atoms with Gasteiger partial charge in [-0.05, 0) is 32.1 Å². The van der Waals surface area contributed by atoms with Gasteiger partial charge < -0.3 is 10.2 Å². The summed E-state index contributed by atoms with van der Waals surface area (Å²) in [6, 6.07) is 0. The third kappa shape index (κ3) is 15.4. The monoisotopic (exact) mass is 298 g/mol. The molecule has 3 nitrogen and oxygen atoms in total. The minimum atomic E-state index is -1.17. The second-order valence-electron chi connectivity index (χ2n) is 5.87. The first kappa shape index (κ1) is 20.2. The Morgan fingerprint density at radius 3 is 1.86 bits per heavy atom. The highest BCUT2D eigenvalue weighted by Crippen LogP contribution is 2.10. The number of unbranched alkanes of at least 4 members (excludes halogenated alkanes) is 10. The summed E-state index contributed by atoms with van der Waals surface area (Å²) in [6.45, 7) is 2.24. The minimum Gasteiger partial charge on any atom is -0.479 e. The van der Waals surface area contributed by atoms with Crippen molar-refractivity contribution < 1.29 is 15.0 Å². The van der Waals surface area contributed by atoms with Crippen LogP contribution in [0.2, 0.25) is 0 Å². The zero-order chi connectivity index (χ0) is 15.8. The summed E-state index contributed by atoms with van der Waals surface area (Å²) in [4.78, 5) is 10.4. The van der Waals surface area contributed by atoms with Gasteiger partial charge in [0.25, 0.3) is 0 Å². The lowest BCUT2D eigenvalue weighted by molar-refractivity contribution is -0.146. The number of allylic oxidation sites excluding steroid dienone is 2. The van der Waals surface area contributed by atoms with Crippen LogP contribution in [0.15, 0.2) is 12.2 Å². The molecule has 0 aromatic carbocycles. The Morgan fingerprint density at radius 1 is 0.857 bits per heavy atom. The number of aliphatic hydroxyl groups excluding tert-OH is 1. The molecule has 0 saturated heterocycles. The van der Waals surface area contributed by atoms with E-state index in [1.807, 2.05) is 0 Å². The van der Waals surface area contributed by atoms with Gasteiger partial charge in [0.1, 0.15) is 0 Å². The zero-order valence-corrected chi connectivity index (χ0v) is 13.7. The summed E-state index contributed by atoms with van der Waals surface area (Å²) in [5.41, 5.74) is 0. The van der Waals surface area contributed by atoms with E-state index in [-0.39, 0.29) is 0 Å². The lowest BCUT2D eigenvalue weighted by atomic mass is 10.1. The Kier molecular flexibility index (Phi) is 14.9. The van der Waals surface area contributed by atoms with Crippen LogP contribution in [-0.4, -0.2) is 22.3 Å². The van der Waals surface area contributed by atoms with Gasteiger partial charge in [-0.25, -0.2) is 4.79 Å². The maximum atomic E-state index is 10.4. The van der Waals surface area contributed by atoms with Crippen molar-refractivity contribution in [2.45, 2.75) is 96.5 Å².